The van der Waals surface area contributed by atoms with Crippen LogP contribution in [0.1, 0.15) is 29.7 Å². The van der Waals surface area contributed by atoms with Gasteiger partial charge in [-0.05, 0) is 37.1 Å². The number of aryl methyl sites for hydroxylation is 1. The van der Waals surface area contributed by atoms with Crippen LogP contribution in [0, 0.1) is 12.7 Å². The van der Waals surface area contributed by atoms with Gasteiger partial charge in [-0.2, -0.15) is 0 Å². The molecule has 2 aromatic carbocycles. The number of hydrogen-bond donors (Lipinski definition) is 2. The van der Waals surface area contributed by atoms with Gasteiger partial charge in [-0.15, -0.1) is 0 Å². The fourth-order valence-corrected chi connectivity index (χ4v) is 2.20. The lowest BCUT2D eigenvalue weighted by Gasteiger charge is -2.16. The second kappa shape index (κ2) is 6.59. The first-order chi connectivity index (χ1) is 10.0. The molecule has 2 rings (SSSR count). The SMILES string of the molecule is COc1ccc(C(C)NCc2cccc(C)c2O)cc1F. The molecule has 0 aromatic heterocycles. The number of methoxy groups -OCH3 is 1. The molecule has 1 unspecified atom stereocenters. The van der Waals surface area contributed by atoms with E-state index in [0.717, 1.165) is 16.7 Å². The van der Waals surface area contributed by atoms with Crippen LogP contribution in [-0.2, 0) is 6.54 Å². The number of nitrogens with one attached hydrogen (secondary N) is 1. The van der Waals surface area contributed by atoms with E-state index in [0.29, 0.717) is 12.3 Å². The van der Waals surface area contributed by atoms with Crippen molar-refractivity contribution in [3.8, 4) is 11.5 Å². The molecule has 112 valence electrons. The molecule has 4 heteroatoms. The zero-order valence-electron chi connectivity index (χ0n) is 12.5. The lowest BCUT2D eigenvalue weighted by molar-refractivity contribution is 0.385. The van der Waals surface area contributed by atoms with Crippen molar-refractivity contribution >= 4 is 0 Å². The molecule has 0 heterocycles. The first-order valence-electron chi connectivity index (χ1n) is 6.87. The summed E-state index contributed by atoms with van der Waals surface area (Å²) in [5, 5.41) is 13.3. The molecule has 0 aliphatic carbocycles. The number of phenols is 1. The van der Waals surface area contributed by atoms with E-state index in [9.17, 15) is 9.50 Å². The van der Waals surface area contributed by atoms with Crippen LogP contribution in [0.15, 0.2) is 36.4 Å². The summed E-state index contributed by atoms with van der Waals surface area (Å²) in [7, 11) is 1.44. The van der Waals surface area contributed by atoms with Crippen molar-refractivity contribution in [1.29, 1.82) is 0 Å². The molecule has 21 heavy (non-hydrogen) atoms. The maximum atomic E-state index is 13.7. The number of phenolic OH excluding ortho intramolecular Hbond substituents is 1. The van der Waals surface area contributed by atoms with E-state index in [2.05, 4.69) is 5.32 Å². The largest absolute Gasteiger partial charge is 0.507 e. The summed E-state index contributed by atoms with van der Waals surface area (Å²) < 4.78 is 18.6. The minimum Gasteiger partial charge on any atom is -0.507 e. The molecule has 0 fully saturated rings. The van der Waals surface area contributed by atoms with E-state index in [1.165, 1.54) is 13.2 Å². The van der Waals surface area contributed by atoms with Crippen LogP contribution in [0.2, 0.25) is 0 Å². The van der Waals surface area contributed by atoms with E-state index < -0.39 is 0 Å². The van der Waals surface area contributed by atoms with Gasteiger partial charge < -0.3 is 15.2 Å². The fourth-order valence-electron chi connectivity index (χ4n) is 2.20. The van der Waals surface area contributed by atoms with Crippen LogP contribution in [-0.4, -0.2) is 12.2 Å². The van der Waals surface area contributed by atoms with Gasteiger partial charge in [-0.25, -0.2) is 4.39 Å². The van der Waals surface area contributed by atoms with E-state index in [4.69, 9.17) is 4.74 Å². The first-order valence-corrected chi connectivity index (χ1v) is 6.87. The van der Waals surface area contributed by atoms with E-state index >= 15 is 0 Å². The van der Waals surface area contributed by atoms with Gasteiger partial charge in [0, 0.05) is 18.2 Å². The van der Waals surface area contributed by atoms with Gasteiger partial charge in [-0.1, -0.05) is 24.3 Å². The maximum absolute atomic E-state index is 13.7. The zero-order valence-corrected chi connectivity index (χ0v) is 12.5. The molecule has 0 saturated carbocycles. The van der Waals surface area contributed by atoms with Crippen molar-refractivity contribution in [2.45, 2.75) is 26.4 Å². The Balaban J connectivity index is 2.06. The molecule has 0 aliphatic heterocycles. The number of benzene rings is 2. The Labute approximate surface area is 124 Å². The Kier molecular flexibility index (Phi) is 4.81. The summed E-state index contributed by atoms with van der Waals surface area (Å²) in [6.07, 6.45) is 0. The monoisotopic (exact) mass is 289 g/mol. The highest BCUT2D eigenvalue weighted by atomic mass is 19.1. The number of para-hydroxylation sites is 1. The van der Waals surface area contributed by atoms with Gasteiger partial charge in [0.05, 0.1) is 7.11 Å². The molecule has 0 amide bonds. The van der Waals surface area contributed by atoms with Crippen LogP contribution in [0.4, 0.5) is 4.39 Å². The number of ether oxygens (including phenoxy) is 1. The van der Waals surface area contributed by atoms with Crippen molar-refractivity contribution in [3.63, 3.8) is 0 Å². The van der Waals surface area contributed by atoms with Crippen LogP contribution in [0.3, 0.4) is 0 Å². The first kappa shape index (κ1) is 15.3. The minimum atomic E-state index is -0.373. The molecular formula is C17H20FNO2. The normalized spacial score (nSPS) is 12.2. The Hall–Kier alpha value is -2.07. The topological polar surface area (TPSA) is 41.5 Å². The van der Waals surface area contributed by atoms with Crippen molar-refractivity contribution in [2.75, 3.05) is 7.11 Å². The second-order valence-corrected chi connectivity index (χ2v) is 5.08. The van der Waals surface area contributed by atoms with Gasteiger partial charge in [0.1, 0.15) is 5.75 Å². The second-order valence-electron chi connectivity index (χ2n) is 5.08. The smallest absolute Gasteiger partial charge is 0.165 e. The average Bonchev–Trinajstić information content (AvgIpc) is 2.48. The summed E-state index contributed by atoms with van der Waals surface area (Å²) in [5.41, 5.74) is 2.51. The average molecular weight is 289 g/mol. The van der Waals surface area contributed by atoms with Gasteiger partial charge in [0.2, 0.25) is 0 Å². The van der Waals surface area contributed by atoms with Crippen LogP contribution >= 0.6 is 0 Å². The Morgan fingerprint density at radius 2 is 2.05 bits per heavy atom. The highest BCUT2D eigenvalue weighted by molar-refractivity contribution is 5.39. The van der Waals surface area contributed by atoms with Crippen molar-refractivity contribution in [3.05, 3.63) is 58.9 Å². The minimum absolute atomic E-state index is 0.0367. The third kappa shape index (κ3) is 3.52. The van der Waals surface area contributed by atoms with Gasteiger partial charge in [-0.3, -0.25) is 0 Å². The molecule has 0 aliphatic rings. The van der Waals surface area contributed by atoms with Gasteiger partial charge in [0.15, 0.2) is 11.6 Å². The summed E-state index contributed by atoms with van der Waals surface area (Å²) in [6.45, 7) is 4.33. The standard InChI is InChI=1S/C17H20FNO2/c1-11-5-4-6-14(17(11)20)10-19-12(2)13-7-8-16(21-3)15(18)9-13/h4-9,12,19-20H,10H2,1-3H3. The molecular weight excluding hydrogens is 269 g/mol. The van der Waals surface area contributed by atoms with Gasteiger partial charge in [0.25, 0.3) is 0 Å². The lowest BCUT2D eigenvalue weighted by atomic mass is 10.1. The predicted molar refractivity (Wildman–Crippen MR) is 81.1 cm³/mol. The van der Waals surface area contributed by atoms with Crippen LogP contribution in [0.5, 0.6) is 11.5 Å². The molecule has 1 atom stereocenters. The molecule has 0 bridgehead atoms. The molecule has 2 aromatic rings. The number of aromatic hydroxyl groups is 1. The van der Waals surface area contributed by atoms with Crippen LogP contribution < -0.4 is 10.1 Å². The molecule has 0 spiro atoms. The summed E-state index contributed by atoms with van der Waals surface area (Å²) in [4.78, 5) is 0. The van der Waals surface area contributed by atoms with E-state index in [-0.39, 0.29) is 17.6 Å². The Morgan fingerprint density at radius 1 is 1.29 bits per heavy atom. The maximum Gasteiger partial charge on any atom is 0.165 e. The summed E-state index contributed by atoms with van der Waals surface area (Å²) in [5.74, 6) is 0.169. The fraction of sp³-hybridized carbons (Fsp3) is 0.294. The number of halogens is 1. The summed E-state index contributed by atoms with van der Waals surface area (Å²) in [6, 6.07) is 10.5. The number of hydrogen-bond acceptors (Lipinski definition) is 3. The third-order valence-electron chi connectivity index (χ3n) is 3.60. The Morgan fingerprint density at radius 3 is 2.71 bits per heavy atom. The molecule has 2 N–H and O–H groups in total. The highest BCUT2D eigenvalue weighted by Gasteiger charge is 2.10. The lowest BCUT2D eigenvalue weighted by Crippen LogP contribution is -2.18. The highest BCUT2D eigenvalue weighted by Crippen LogP contribution is 2.24. The zero-order chi connectivity index (χ0) is 15.4. The molecule has 3 nitrogen and oxygen atoms in total. The van der Waals surface area contributed by atoms with Crippen LogP contribution in [0.25, 0.3) is 0 Å². The van der Waals surface area contributed by atoms with E-state index in [1.54, 1.807) is 6.07 Å². The van der Waals surface area contributed by atoms with Crippen molar-refractivity contribution < 1.29 is 14.2 Å². The Bertz CT molecular complexity index is 628. The number of rotatable bonds is 5. The molecule has 0 saturated heterocycles. The van der Waals surface area contributed by atoms with Crippen molar-refractivity contribution in [2.24, 2.45) is 0 Å². The van der Waals surface area contributed by atoms with E-state index in [1.807, 2.05) is 38.1 Å². The predicted octanol–water partition coefficient (Wildman–Crippen LogP) is 3.70. The molecule has 0 radical (unpaired) electrons. The van der Waals surface area contributed by atoms with Gasteiger partial charge >= 0.3 is 0 Å². The summed E-state index contributed by atoms with van der Waals surface area (Å²) >= 11 is 0. The van der Waals surface area contributed by atoms with Crippen molar-refractivity contribution in [1.82, 2.24) is 5.32 Å². The third-order valence-corrected chi connectivity index (χ3v) is 3.60. The quantitative estimate of drug-likeness (QED) is 0.882.